The molecule has 0 fully saturated rings. The molecule has 1 atom stereocenters. The van der Waals surface area contributed by atoms with Gasteiger partial charge in [0, 0.05) is 5.69 Å². The summed E-state index contributed by atoms with van der Waals surface area (Å²) in [5.41, 5.74) is 1.48. The van der Waals surface area contributed by atoms with Crippen molar-refractivity contribution < 1.29 is 14.3 Å². The van der Waals surface area contributed by atoms with Gasteiger partial charge >= 0.3 is 0 Å². The molecule has 1 unspecified atom stereocenters. The van der Waals surface area contributed by atoms with Gasteiger partial charge in [0.2, 0.25) is 0 Å². The maximum atomic E-state index is 13.5. The predicted octanol–water partition coefficient (Wildman–Crippen LogP) is 2.79. The monoisotopic (exact) mass is 325 g/mol. The molecule has 0 saturated carbocycles. The zero-order valence-corrected chi connectivity index (χ0v) is 13.0. The van der Waals surface area contributed by atoms with Gasteiger partial charge in [-0.25, -0.2) is 4.39 Å². The largest absolute Gasteiger partial charge is 0.394 e. The van der Waals surface area contributed by atoms with E-state index in [0.29, 0.717) is 5.56 Å². The Labute approximate surface area is 132 Å². The molecule has 0 aliphatic rings. The molecule has 0 bridgehead atoms. The van der Waals surface area contributed by atoms with Crippen LogP contribution in [0.25, 0.3) is 0 Å². The van der Waals surface area contributed by atoms with Crippen molar-refractivity contribution in [1.82, 2.24) is 15.5 Å². The third-order valence-electron chi connectivity index (χ3n) is 3.29. The molecule has 1 aromatic carbocycles. The summed E-state index contributed by atoms with van der Waals surface area (Å²) in [5, 5.41) is 18.8. The number of hydrogen-bond donors (Lipinski definition) is 3. The van der Waals surface area contributed by atoms with Gasteiger partial charge in [-0.3, -0.25) is 9.89 Å². The van der Waals surface area contributed by atoms with Crippen molar-refractivity contribution in [2.75, 3.05) is 6.61 Å². The van der Waals surface area contributed by atoms with Crippen LogP contribution < -0.4 is 5.32 Å². The van der Waals surface area contributed by atoms with Crippen molar-refractivity contribution in [3.63, 3.8) is 0 Å². The Morgan fingerprint density at radius 3 is 2.73 bits per heavy atom. The summed E-state index contributed by atoms with van der Waals surface area (Å²) in [6, 6.07) is 5.03. The van der Waals surface area contributed by atoms with E-state index in [9.17, 15) is 14.3 Å². The number of hydrogen-bond acceptors (Lipinski definition) is 3. The number of halogens is 2. The number of H-pyrrole nitrogens is 1. The number of rotatable bonds is 5. The summed E-state index contributed by atoms with van der Waals surface area (Å²) >= 11 is 5.62. The van der Waals surface area contributed by atoms with E-state index in [1.165, 1.54) is 12.1 Å². The number of carbonyl (C=O) groups is 1. The average molecular weight is 326 g/mol. The Morgan fingerprint density at radius 1 is 1.45 bits per heavy atom. The molecule has 5 nitrogen and oxygen atoms in total. The first-order valence-electron chi connectivity index (χ1n) is 6.84. The Hall–Kier alpha value is -1.92. The summed E-state index contributed by atoms with van der Waals surface area (Å²) in [4.78, 5) is 12.2. The molecular weight excluding hydrogens is 309 g/mol. The second-order valence-corrected chi connectivity index (χ2v) is 5.65. The van der Waals surface area contributed by atoms with Crippen molar-refractivity contribution in [2.24, 2.45) is 0 Å². The number of nitrogens with one attached hydrogen (secondary N) is 2. The predicted molar refractivity (Wildman–Crippen MR) is 81.4 cm³/mol. The van der Waals surface area contributed by atoms with Crippen LogP contribution in [0.15, 0.2) is 24.3 Å². The van der Waals surface area contributed by atoms with Crippen LogP contribution >= 0.6 is 11.6 Å². The lowest BCUT2D eigenvalue weighted by atomic mass is 10.1. The van der Waals surface area contributed by atoms with Gasteiger partial charge < -0.3 is 10.4 Å². The number of aromatic amines is 1. The number of aliphatic hydroxyl groups is 1. The Kier molecular flexibility index (Phi) is 5.15. The molecule has 2 rings (SSSR count). The minimum Gasteiger partial charge on any atom is -0.394 e. The topological polar surface area (TPSA) is 78.0 Å². The highest BCUT2D eigenvalue weighted by Gasteiger charge is 2.18. The van der Waals surface area contributed by atoms with E-state index < -0.39 is 17.8 Å². The van der Waals surface area contributed by atoms with Gasteiger partial charge in [-0.2, -0.15) is 5.10 Å². The molecule has 1 aromatic heterocycles. The van der Waals surface area contributed by atoms with E-state index >= 15 is 0 Å². The van der Waals surface area contributed by atoms with Gasteiger partial charge in [0.25, 0.3) is 5.91 Å². The molecule has 7 heteroatoms. The number of nitrogens with zero attached hydrogens (tertiary/aromatic N) is 1. The SMILES string of the molecule is CC(C)c1cc(C(=O)NC(CO)c2ccc(Cl)c(F)c2)n[nH]1. The lowest BCUT2D eigenvalue weighted by molar-refractivity contribution is 0.0911. The summed E-state index contributed by atoms with van der Waals surface area (Å²) < 4.78 is 13.5. The zero-order chi connectivity index (χ0) is 16.3. The van der Waals surface area contributed by atoms with E-state index in [1.807, 2.05) is 13.8 Å². The molecule has 0 aliphatic carbocycles. The second-order valence-electron chi connectivity index (χ2n) is 5.25. The molecule has 0 radical (unpaired) electrons. The van der Waals surface area contributed by atoms with Gasteiger partial charge in [-0.05, 0) is 29.7 Å². The summed E-state index contributed by atoms with van der Waals surface area (Å²) in [6.07, 6.45) is 0. The molecule has 0 aliphatic heterocycles. The van der Waals surface area contributed by atoms with Crippen molar-refractivity contribution in [2.45, 2.75) is 25.8 Å². The van der Waals surface area contributed by atoms with Gasteiger partial charge in [0.1, 0.15) is 11.5 Å². The number of benzene rings is 1. The van der Waals surface area contributed by atoms with E-state index in [1.54, 1.807) is 12.1 Å². The van der Waals surface area contributed by atoms with Crippen LogP contribution in [0.2, 0.25) is 5.02 Å². The fourth-order valence-electron chi connectivity index (χ4n) is 1.94. The van der Waals surface area contributed by atoms with Gasteiger partial charge in [0.15, 0.2) is 0 Å². The maximum Gasteiger partial charge on any atom is 0.272 e. The van der Waals surface area contributed by atoms with Crippen molar-refractivity contribution in [1.29, 1.82) is 0 Å². The fraction of sp³-hybridized carbons (Fsp3) is 0.333. The van der Waals surface area contributed by atoms with Crippen molar-refractivity contribution >= 4 is 17.5 Å². The van der Waals surface area contributed by atoms with E-state index in [-0.39, 0.29) is 23.2 Å². The molecule has 1 heterocycles. The number of aromatic nitrogens is 2. The van der Waals surface area contributed by atoms with Gasteiger partial charge in [-0.1, -0.05) is 31.5 Å². The fourth-order valence-corrected chi connectivity index (χ4v) is 2.06. The van der Waals surface area contributed by atoms with Crippen LogP contribution in [0.5, 0.6) is 0 Å². The third kappa shape index (κ3) is 3.64. The first-order valence-corrected chi connectivity index (χ1v) is 7.22. The molecule has 2 aromatic rings. The highest BCUT2D eigenvalue weighted by Crippen LogP contribution is 2.20. The molecule has 118 valence electrons. The highest BCUT2D eigenvalue weighted by atomic mass is 35.5. The Bertz CT molecular complexity index is 673. The van der Waals surface area contributed by atoms with Crippen LogP contribution in [0.1, 0.15) is 47.6 Å². The summed E-state index contributed by atoms with van der Waals surface area (Å²) in [6.45, 7) is 3.58. The van der Waals surface area contributed by atoms with Crippen molar-refractivity contribution in [3.05, 3.63) is 52.1 Å². The first-order chi connectivity index (χ1) is 10.4. The first kappa shape index (κ1) is 16.5. The lowest BCUT2D eigenvalue weighted by Crippen LogP contribution is -2.31. The van der Waals surface area contributed by atoms with Crippen LogP contribution in [-0.2, 0) is 0 Å². The lowest BCUT2D eigenvalue weighted by Gasteiger charge is -2.16. The second kappa shape index (κ2) is 6.89. The normalized spacial score (nSPS) is 12.5. The third-order valence-corrected chi connectivity index (χ3v) is 3.59. The minimum absolute atomic E-state index is 0.0133. The van der Waals surface area contributed by atoms with Crippen LogP contribution in [-0.4, -0.2) is 27.8 Å². The standard InChI is InChI=1S/C15H17ClFN3O2/c1-8(2)12-6-13(20-19-12)15(22)18-14(7-21)9-3-4-10(16)11(17)5-9/h3-6,8,14,21H,7H2,1-2H3,(H,18,22)(H,19,20). The summed E-state index contributed by atoms with van der Waals surface area (Å²) in [5.74, 6) is -0.834. The molecule has 0 saturated heterocycles. The number of aliphatic hydroxyl groups excluding tert-OH is 1. The molecular formula is C15H17ClFN3O2. The maximum absolute atomic E-state index is 13.5. The number of amides is 1. The smallest absolute Gasteiger partial charge is 0.272 e. The summed E-state index contributed by atoms with van der Waals surface area (Å²) in [7, 11) is 0. The highest BCUT2D eigenvalue weighted by molar-refractivity contribution is 6.30. The van der Waals surface area contributed by atoms with Crippen LogP contribution in [0.4, 0.5) is 4.39 Å². The van der Waals surface area contributed by atoms with Crippen molar-refractivity contribution in [3.8, 4) is 0 Å². The van der Waals surface area contributed by atoms with Gasteiger partial charge in [-0.15, -0.1) is 0 Å². The van der Waals surface area contributed by atoms with E-state index in [4.69, 9.17) is 11.6 Å². The average Bonchev–Trinajstić information content (AvgIpc) is 2.97. The molecule has 0 spiro atoms. The minimum atomic E-state index is -0.738. The van der Waals surface area contributed by atoms with E-state index in [0.717, 1.165) is 5.69 Å². The molecule has 22 heavy (non-hydrogen) atoms. The quantitative estimate of drug-likeness (QED) is 0.791. The van der Waals surface area contributed by atoms with Crippen LogP contribution in [0, 0.1) is 5.82 Å². The Balaban J connectivity index is 2.14. The van der Waals surface area contributed by atoms with Crippen LogP contribution in [0.3, 0.4) is 0 Å². The molecule has 3 N–H and O–H groups in total. The number of carbonyl (C=O) groups excluding carboxylic acids is 1. The van der Waals surface area contributed by atoms with Gasteiger partial charge in [0.05, 0.1) is 17.7 Å². The Morgan fingerprint density at radius 2 is 2.18 bits per heavy atom. The zero-order valence-electron chi connectivity index (χ0n) is 12.2. The van der Waals surface area contributed by atoms with E-state index in [2.05, 4.69) is 15.5 Å². The molecule has 1 amide bonds.